The van der Waals surface area contributed by atoms with Crippen LogP contribution in [0.2, 0.25) is 0 Å². The van der Waals surface area contributed by atoms with Crippen molar-refractivity contribution < 1.29 is 14.3 Å². The van der Waals surface area contributed by atoms with Gasteiger partial charge in [0.1, 0.15) is 17.8 Å². The molecule has 0 saturated heterocycles. The van der Waals surface area contributed by atoms with Crippen molar-refractivity contribution in [3.05, 3.63) is 60.4 Å². The number of methoxy groups -OCH3 is 1. The second kappa shape index (κ2) is 8.53. The standard InChI is InChI=1S/C19H19N3O3S/c1-3-25-17-8-4-14(5-9-17)18(23)12-26-19-21-20-13-22(19)15-6-10-16(24-2)11-7-15/h4-11,13H,3,12H2,1-2H3. The summed E-state index contributed by atoms with van der Waals surface area (Å²) in [5, 5.41) is 8.73. The quantitative estimate of drug-likeness (QED) is 0.446. The highest BCUT2D eigenvalue weighted by Gasteiger charge is 2.12. The molecule has 1 heterocycles. The molecule has 26 heavy (non-hydrogen) atoms. The van der Waals surface area contributed by atoms with Gasteiger partial charge in [-0.2, -0.15) is 0 Å². The number of hydrogen-bond acceptors (Lipinski definition) is 6. The van der Waals surface area contributed by atoms with Crippen LogP contribution in [0, 0.1) is 0 Å². The van der Waals surface area contributed by atoms with E-state index >= 15 is 0 Å². The molecular weight excluding hydrogens is 350 g/mol. The number of carbonyl (C=O) groups is 1. The zero-order valence-corrected chi connectivity index (χ0v) is 15.4. The minimum Gasteiger partial charge on any atom is -0.497 e. The number of nitrogens with zero attached hydrogens (tertiary/aromatic N) is 3. The number of aromatic nitrogens is 3. The summed E-state index contributed by atoms with van der Waals surface area (Å²) in [5.74, 6) is 1.85. The first-order valence-corrected chi connectivity index (χ1v) is 9.13. The first-order valence-electron chi connectivity index (χ1n) is 8.14. The number of thioether (sulfide) groups is 1. The van der Waals surface area contributed by atoms with Crippen LogP contribution in [0.25, 0.3) is 5.69 Å². The van der Waals surface area contributed by atoms with Crippen LogP contribution in [0.3, 0.4) is 0 Å². The summed E-state index contributed by atoms with van der Waals surface area (Å²) < 4.78 is 12.4. The van der Waals surface area contributed by atoms with E-state index in [0.717, 1.165) is 17.2 Å². The monoisotopic (exact) mass is 369 g/mol. The van der Waals surface area contributed by atoms with Crippen molar-refractivity contribution in [1.82, 2.24) is 14.8 Å². The third-order valence-corrected chi connectivity index (χ3v) is 4.63. The first kappa shape index (κ1) is 18.0. The number of rotatable bonds is 8. The van der Waals surface area contributed by atoms with E-state index < -0.39 is 0 Å². The second-order valence-electron chi connectivity index (χ2n) is 5.35. The number of benzene rings is 2. The molecule has 3 aromatic rings. The number of Topliss-reactive ketones (excluding diaryl/α,β-unsaturated/α-hetero) is 1. The van der Waals surface area contributed by atoms with Crippen LogP contribution in [0.4, 0.5) is 0 Å². The van der Waals surface area contributed by atoms with E-state index in [2.05, 4.69) is 10.2 Å². The molecule has 2 aromatic carbocycles. The minimum absolute atomic E-state index is 0.0299. The van der Waals surface area contributed by atoms with Crippen molar-refractivity contribution in [2.75, 3.05) is 19.5 Å². The molecule has 6 nitrogen and oxygen atoms in total. The van der Waals surface area contributed by atoms with Gasteiger partial charge in [-0.15, -0.1) is 10.2 Å². The molecule has 0 saturated carbocycles. The lowest BCUT2D eigenvalue weighted by atomic mass is 10.1. The maximum absolute atomic E-state index is 12.4. The van der Waals surface area contributed by atoms with Crippen LogP contribution in [-0.2, 0) is 0 Å². The normalized spacial score (nSPS) is 10.5. The highest BCUT2D eigenvalue weighted by Crippen LogP contribution is 2.22. The van der Waals surface area contributed by atoms with Crippen LogP contribution in [0.1, 0.15) is 17.3 Å². The molecule has 0 unspecified atom stereocenters. The predicted octanol–water partition coefficient (Wildman–Crippen LogP) is 3.65. The van der Waals surface area contributed by atoms with Crippen LogP contribution in [0.5, 0.6) is 11.5 Å². The number of ketones is 1. The molecule has 0 aliphatic carbocycles. The fourth-order valence-corrected chi connectivity index (χ4v) is 3.18. The molecule has 0 amide bonds. The summed E-state index contributed by atoms with van der Waals surface area (Å²) in [6, 6.07) is 14.7. The van der Waals surface area contributed by atoms with Gasteiger partial charge in [0.2, 0.25) is 0 Å². The van der Waals surface area contributed by atoms with Gasteiger partial charge in [0.25, 0.3) is 0 Å². The Morgan fingerprint density at radius 2 is 1.77 bits per heavy atom. The van der Waals surface area contributed by atoms with Gasteiger partial charge in [0.05, 0.1) is 19.5 Å². The van der Waals surface area contributed by atoms with Gasteiger partial charge in [0.15, 0.2) is 10.9 Å². The molecule has 7 heteroatoms. The van der Waals surface area contributed by atoms with Gasteiger partial charge in [-0.05, 0) is 55.5 Å². The molecule has 0 bridgehead atoms. The fraction of sp³-hybridized carbons (Fsp3) is 0.211. The number of hydrogen-bond donors (Lipinski definition) is 0. The summed E-state index contributed by atoms with van der Waals surface area (Å²) in [7, 11) is 1.63. The smallest absolute Gasteiger partial charge is 0.196 e. The lowest BCUT2D eigenvalue weighted by Crippen LogP contribution is -2.04. The predicted molar refractivity (Wildman–Crippen MR) is 101 cm³/mol. The molecule has 0 aliphatic rings. The Bertz CT molecular complexity index is 860. The Hall–Kier alpha value is -2.80. The maximum Gasteiger partial charge on any atom is 0.196 e. The summed E-state index contributed by atoms with van der Waals surface area (Å²) in [4.78, 5) is 12.4. The van der Waals surface area contributed by atoms with Crippen LogP contribution in [0.15, 0.2) is 60.0 Å². The van der Waals surface area contributed by atoms with Gasteiger partial charge in [0, 0.05) is 11.3 Å². The molecule has 0 atom stereocenters. The van der Waals surface area contributed by atoms with E-state index in [1.807, 2.05) is 35.8 Å². The highest BCUT2D eigenvalue weighted by atomic mass is 32.2. The van der Waals surface area contributed by atoms with Crippen LogP contribution >= 0.6 is 11.8 Å². The SMILES string of the molecule is CCOc1ccc(C(=O)CSc2nncn2-c2ccc(OC)cc2)cc1. The van der Waals surface area contributed by atoms with Crippen molar-refractivity contribution in [3.63, 3.8) is 0 Å². The van der Waals surface area contributed by atoms with Crippen molar-refractivity contribution >= 4 is 17.5 Å². The third-order valence-electron chi connectivity index (χ3n) is 3.69. The Labute approximate surface area is 156 Å². The van der Waals surface area contributed by atoms with E-state index in [1.54, 1.807) is 37.7 Å². The van der Waals surface area contributed by atoms with Crippen molar-refractivity contribution in [2.45, 2.75) is 12.1 Å². The molecule has 1 aromatic heterocycles. The summed E-state index contributed by atoms with van der Waals surface area (Å²) in [6.07, 6.45) is 1.63. The number of carbonyl (C=O) groups excluding carboxylic acids is 1. The zero-order valence-electron chi connectivity index (χ0n) is 14.6. The topological polar surface area (TPSA) is 66.2 Å². The Balaban J connectivity index is 1.66. The van der Waals surface area contributed by atoms with Crippen molar-refractivity contribution in [1.29, 1.82) is 0 Å². The molecule has 0 N–H and O–H groups in total. The lowest BCUT2D eigenvalue weighted by Gasteiger charge is -2.07. The van der Waals surface area contributed by atoms with E-state index in [1.165, 1.54) is 11.8 Å². The zero-order chi connectivity index (χ0) is 18.4. The van der Waals surface area contributed by atoms with Gasteiger partial charge < -0.3 is 9.47 Å². The minimum atomic E-state index is 0.0299. The summed E-state index contributed by atoms with van der Waals surface area (Å²) in [5.41, 5.74) is 1.56. The van der Waals surface area contributed by atoms with Crippen molar-refractivity contribution in [3.8, 4) is 17.2 Å². The molecule has 0 fully saturated rings. The van der Waals surface area contributed by atoms with Crippen LogP contribution < -0.4 is 9.47 Å². The second-order valence-corrected chi connectivity index (χ2v) is 6.29. The molecular formula is C19H19N3O3S. The van der Waals surface area contributed by atoms with E-state index in [9.17, 15) is 4.79 Å². The van der Waals surface area contributed by atoms with E-state index in [4.69, 9.17) is 9.47 Å². The molecule has 0 spiro atoms. The van der Waals surface area contributed by atoms with Crippen molar-refractivity contribution in [2.24, 2.45) is 0 Å². The largest absolute Gasteiger partial charge is 0.497 e. The first-order chi connectivity index (χ1) is 12.7. The Kier molecular flexibility index (Phi) is 5.91. The summed E-state index contributed by atoms with van der Waals surface area (Å²) >= 11 is 1.35. The average molecular weight is 369 g/mol. The summed E-state index contributed by atoms with van der Waals surface area (Å²) in [6.45, 7) is 2.53. The third kappa shape index (κ3) is 4.23. The van der Waals surface area contributed by atoms with E-state index in [-0.39, 0.29) is 11.5 Å². The Morgan fingerprint density at radius 3 is 2.42 bits per heavy atom. The van der Waals surface area contributed by atoms with Crippen LogP contribution in [-0.4, -0.2) is 40.0 Å². The van der Waals surface area contributed by atoms with Gasteiger partial charge in [-0.25, -0.2) is 0 Å². The van der Waals surface area contributed by atoms with Gasteiger partial charge >= 0.3 is 0 Å². The molecule has 0 radical (unpaired) electrons. The lowest BCUT2D eigenvalue weighted by molar-refractivity contribution is 0.102. The number of ether oxygens (including phenoxy) is 2. The average Bonchev–Trinajstić information content (AvgIpc) is 3.15. The Morgan fingerprint density at radius 1 is 1.08 bits per heavy atom. The fourth-order valence-electron chi connectivity index (χ4n) is 2.36. The highest BCUT2D eigenvalue weighted by molar-refractivity contribution is 7.99. The molecule has 0 aliphatic heterocycles. The molecule has 3 rings (SSSR count). The van der Waals surface area contributed by atoms with Gasteiger partial charge in [-0.1, -0.05) is 11.8 Å². The van der Waals surface area contributed by atoms with Gasteiger partial charge in [-0.3, -0.25) is 9.36 Å². The molecule has 134 valence electrons. The van der Waals surface area contributed by atoms with E-state index in [0.29, 0.717) is 17.3 Å². The maximum atomic E-state index is 12.4.